The number of fused-ring (bicyclic) bond motifs is 1. The molecule has 1 aromatic heterocycles. The van der Waals surface area contributed by atoms with Crippen LogP contribution in [0.25, 0.3) is 10.9 Å². The van der Waals surface area contributed by atoms with Crippen molar-refractivity contribution in [2.45, 2.75) is 43.0 Å². The van der Waals surface area contributed by atoms with E-state index in [0.29, 0.717) is 18.0 Å². The quantitative estimate of drug-likeness (QED) is 0.350. The molecule has 0 bridgehead atoms. The molecule has 0 spiro atoms. The summed E-state index contributed by atoms with van der Waals surface area (Å²) in [6.45, 7) is 0.370. The number of nitrogens with one attached hydrogen (secondary N) is 1. The lowest BCUT2D eigenvalue weighted by molar-refractivity contribution is 0.0951. The Labute approximate surface area is 191 Å². The number of hydrogen-bond acceptors (Lipinski definition) is 2. The SMILES string of the molecule is O=C(NCc1ccc(F)cc1)c1ccc(Sn2cc(C3CCCC3)c3ccccc32)cc1. The average molecular weight is 445 g/mol. The summed E-state index contributed by atoms with van der Waals surface area (Å²) < 4.78 is 15.3. The van der Waals surface area contributed by atoms with Gasteiger partial charge in [0.2, 0.25) is 0 Å². The molecule has 0 unspecified atom stereocenters. The van der Waals surface area contributed by atoms with E-state index in [2.05, 4.69) is 39.8 Å². The fourth-order valence-corrected chi connectivity index (χ4v) is 5.39. The third kappa shape index (κ3) is 4.44. The Kier molecular flexibility index (Phi) is 5.99. The zero-order valence-electron chi connectivity index (χ0n) is 17.8. The summed E-state index contributed by atoms with van der Waals surface area (Å²) in [6, 6.07) is 22.5. The Bertz CT molecular complexity index is 1220. The smallest absolute Gasteiger partial charge is 0.251 e. The minimum Gasteiger partial charge on any atom is -0.348 e. The Balaban J connectivity index is 1.29. The lowest BCUT2D eigenvalue weighted by Crippen LogP contribution is -2.22. The van der Waals surface area contributed by atoms with Crippen LogP contribution in [0.3, 0.4) is 0 Å². The summed E-state index contributed by atoms with van der Waals surface area (Å²) in [6.07, 6.45) is 7.50. The fourth-order valence-electron chi connectivity index (χ4n) is 4.48. The highest BCUT2D eigenvalue weighted by atomic mass is 32.2. The van der Waals surface area contributed by atoms with Crippen LogP contribution in [0.5, 0.6) is 0 Å². The summed E-state index contributed by atoms with van der Waals surface area (Å²) in [4.78, 5) is 13.6. The number of amides is 1. The molecular weight excluding hydrogens is 419 g/mol. The van der Waals surface area contributed by atoms with E-state index >= 15 is 0 Å². The third-order valence-electron chi connectivity index (χ3n) is 6.19. The largest absolute Gasteiger partial charge is 0.348 e. The van der Waals surface area contributed by atoms with Crippen molar-refractivity contribution in [2.75, 3.05) is 0 Å². The molecule has 5 heteroatoms. The van der Waals surface area contributed by atoms with E-state index in [4.69, 9.17) is 0 Å². The Morgan fingerprint density at radius 1 is 0.969 bits per heavy atom. The highest BCUT2D eigenvalue weighted by molar-refractivity contribution is 7.98. The Morgan fingerprint density at radius 2 is 1.69 bits per heavy atom. The average Bonchev–Trinajstić information content (AvgIpc) is 3.48. The molecule has 3 nitrogen and oxygen atoms in total. The molecule has 1 fully saturated rings. The Hall–Kier alpha value is -3.05. The number of halogens is 1. The van der Waals surface area contributed by atoms with Crippen LogP contribution in [0.4, 0.5) is 4.39 Å². The first-order chi connectivity index (χ1) is 15.7. The van der Waals surface area contributed by atoms with Gasteiger partial charge in [-0.25, -0.2) is 4.39 Å². The molecule has 1 heterocycles. The monoisotopic (exact) mass is 444 g/mol. The number of rotatable bonds is 6. The summed E-state index contributed by atoms with van der Waals surface area (Å²) in [5.41, 5.74) is 4.17. The molecule has 162 valence electrons. The highest BCUT2D eigenvalue weighted by Gasteiger charge is 2.21. The lowest BCUT2D eigenvalue weighted by atomic mass is 9.97. The molecule has 0 radical (unpaired) electrons. The van der Waals surface area contributed by atoms with Gasteiger partial charge in [0, 0.05) is 28.6 Å². The van der Waals surface area contributed by atoms with E-state index in [1.54, 1.807) is 24.1 Å². The highest BCUT2D eigenvalue weighted by Crippen LogP contribution is 2.40. The maximum Gasteiger partial charge on any atom is 0.251 e. The number of hydrogen-bond donors (Lipinski definition) is 1. The van der Waals surface area contributed by atoms with Gasteiger partial charge >= 0.3 is 0 Å². The molecular formula is C27H25FN2OS. The second-order valence-electron chi connectivity index (χ2n) is 8.33. The van der Waals surface area contributed by atoms with Crippen LogP contribution < -0.4 is 5.32 Å². The Morgan fingerprint density at radius 3 is 2.44 bits per heavy atom. The molecule has 32 heavy (non-hydrogen) atoms. The second kappa shape index (κ2) is 9.21. The second-order valence-corrected chi connectivity index (χ2v) is 9.38. The van der Waals surface area contributed by atoms with Crippen molar-refractivity contribution >= 4 is 28.8 Å². The zero-order valence-corrected chi connectivity index (χ0v) is 18.6. The number of carbonyl (C=O) groups excluding carboxylic acids is 1. The van der Waals surface area contributed by atoms with Crippen molar-refractivity contribution in [1.82, 2.24) is 9.29 Å². The molecule has 0 atom stereocenters. The van der Waals surface area contributed by atoms with Gasteiger partial charge in [-0.2, -0.15) is 0 Å². The first kappa shape index (κ1) is 20.8. The fraction of sp³-hybridized carbons (Fsp3) is 0.222. The number of carbonyl (C=O) groups is 1. The van der Waals surface area contributed by atoms with Gasteiger partial charge in [0.05, 0.1) is 5.52 Å². The minimum atomic E-state index is -0.279. The van der Waals surface area contributed by atoms with Gasteiger partial charge in [-0.05, 0) is 84.3 Å². The molecule has 0 saturated heterocycles. The van der Waals surface area contributed by atoms with E-state index in [1.165, 1.54) is 54.3 Å². The van der Waals surface area contributed by atoms with E-state index in [9.17, 15) is 9.18 Å². The number of nitrogens with zero attached hydrogens (tertiary/aromatic N) is 1. The van der Waals surface area contributed by atoms with E-state index in [-0.39, 0.29) is 11.7 Å². The molecule has 4 aromatic rings. The molecule has 1 aliphatic rings. The van der Waals surface area contributed by atoms with Crippen molar-refractivity contribution in [2.24, 2.45) is 0 Å². The van der Waals surface area contributed by atoms with Crippen LogP contribution in [0.1, 0.15) is 53.1 Å². The van der Waals surface area contributed by atoms with Crippen molar-refractivity contribution in [3.05, 3.63) is 102 Å². The normalized spacial score (nSPS) is 14.2. The first-order valence-electron chi connectivity index (χ1n) is 11.1. The van der Waals surface area contributed by atoms with E-state index < -0.39 is 0 Å². The molecule has 0 aliphatic heterocycles. The molecule has 1 N–H and O–H groups in total. The molecule has 5 rings (SSSR count). The van der Waals surface area contributed by atoms with Crippen molar-refractivity contribution in [3.8, 4) is 0 Å². The van der Waals surface area contributed by atoms with Crippen LogP contribution in [0.2, 0.25) is 0 Å². The van der Waals surface area contributed by atoms with Gasteiger partial charge in [0.1, 0.15) is 5.82 Å². The topological polar surface area (TPSA) is 34.0 Å². The molecule has 1 amide bonds. The van der Waals surface area contributed by atoms with Crippen LogP contribution in [-0.2, 0) is 6.54 Å². The molecule has 3 aromatic carbocycles. The van der Waals surface area contributed by atoms with Gasteiger partial charge in [-0.15, -0.1) is 0 Å². The number of para-hydroxylation sites is 1. The van der Waals surface area contributed by atoms with Crippen molar-refractivity contribution < 1.29 is 9.18 Å². The van der Waals surface area contributed by atoms with Crippen LogP contribution in [0, 0.1) is 5.82 Å². The summed E-state index contributed by atoms with van der Waals surface area (Å²) >= 11 is 1.68. The lowest BCUT2D eigenvalue weighted by Gasteiger charge is -2.08. The molecule has 1 saturated carbocycles. The van der Waals surface area contributed by atoms with Gasteiger partial charge < -0.3 is 5.32 Å². The number of benzene rings is 3. The summed E-state index contributed by atoms with van der Waals surface area (Å²) in [7, 11) is 0. The van der Waals surface area contributed by atoms with Crippen LogP contribution in [-0.4, -0.2) is 9.88 Å². The van der Waals surface area contributed by atoms with Crippen LogP contribution >= 0.6 is 11.9 Å². The predicted octanol–water partition coefficient (Wildman–Crippen LogP) is 6.92. The maximum atomic E-state index is 13.0. The van der Waals surface area contributed by atoms with Gasteiger partial charge in [0.15, 0.2) is 0 Å². The van der Waals surface area contributed by atoms with Gasteiger partial charge in [0.25, 0.3) is 5.91 Å². The van der Waals surface area contributed by atoms with Gasteiger partial charge in [-0.1, -0.05) is 43.2 Å². The minimum absolute atomic E-state index is 0.138. The standard InChI is InChI=1S/C27H25FN2OS/c28-22-13-9-19(10-14-22)17-29-27(31)21-11-15-23(16-12-21)32-30-18-25(20-5-1-2-6-20)24-7-3-4-8-26(24)30/h3-4,7-16,18,20H,1-2,5-6,17H2,(H,29,31). The van der Waals surface area contributed by atoms with E-state index in [0.717, 1.165) is 10.5 Å². The van der Waals surface area contributed by atoms with Crippen molar-refractivity contribution in [1.29, 1.82) is 0 Å². The number of aromatic nitrogens is 1. The first-order valence-corrected chi connectivity index (χ1v) is 11.9. The van der Waals surface area contributed by atoms with Crippen LogP contribution in [0.15, 0.2) is 83.9 Å². The maximum absolute atomic E-state index is 13.0. The summed E-state index contributed by atoms with van der Waals surface area (Å²) in [5, 5.41) is 4.24. The van der Waals surface area contributed by atoms with Gasteiger partial charge in [-0.3, -0.25) is 8.77 Å². The third-order valence-corrected chi connectivity index (χ3v) is 7.17. The van der Waals surface area contributed by atoms with E-state index in [1.807, 2.05) is 24.3 Å². The van der Waals surface area contributed by atoms with Crippen molar-refractivity contribution in [3.63, 3.8) is 0 Å². The predicted molar refractivity (Wildman–Crippen MR) is 128 cm³/mol. The zero-order chi connectivity index (χ0) is 21.9. The molecule has 1 aliphatic carbocycles. The summed E-state index contributed by atoms with van der Waals surface area (Å²) in [5.74, 6) is 0.244.